The maximum absolute atomic E-state index is 11.3. The van der Waals surface area contributed by atoms with Gasteiger partial charge < -0.3 is 15.8 Å². The Morgan fingerprint density at radius 2 is 1.95 bits per heavy atom. The highest BCUT2D eigenvalue weighted by Gasteiger charge is 2.07. The predicted octanol–water partition coefficient (Wildman–Crippen LogP) is -0.479. The number of hydrogen-bond acceptors (Lipinski definition) is 6. The largest absolute Gasteiger partial charge is 0.493 e. The number of carbonyl (C=O) groups is 1. The Kier molecular flexibility index (Phi) is 7.51. The summed E-state index contributed by atoms with van der Waals surface area (Å²) in [5, 5.41) is 7.66. The molecular formula is C12H19N3O4S2. The number of thioether (sulfide) groups is 1. The van der Waals surface area contributed by atoms with E-state index in [1.807, 2.05) is 0 Å². The van der Waals surface area contributed by atoms with Crippen molar-refractivity contribution in [1.82, 2.24) is 5.32 Å². The number of rotatable bonds is 9. The van der Waals surface area contributed by atoms with Gasteiger partial charge in [0.25, 0.3) is 0 Å². The molecule has 0 saturated carbocycles. The first-order valence-corrected chi connectivity index (χ1v) is 8.94. The molecule has 0 aliphatic rings. The van der Waals surface area contributed by atoms with Crippen LogP contribution in [0.2, 0.25) is 0 Å². The average molecular weight is 333 g/mol. The Morgan fingerprint density at radius 3 is 2.52 bits per heavy atom. The zero-order chi connectivity index (χ0) is 15.7. The van der Waals surface area contributed by atoms with E-state index < -0.39 is 10.0 Å². The number of benzene rings is 1. The minimum Gasteiger partial charge on any atom is -0.493 e. The lowest BCUT2D eigenvalue weighted by Crippen LogP contribution is -2.30. The van der Waals surface area contributed by atoms with Gasteiger partial charge in [-0.05, 0) is 24.3 Å². The number of nitrogens with one attached hydrogen (secondary N) is 1. The zero-order valence-electron chi connectivity index (χ0n) is 11.4. The molecule has 0 heterocycles. The first-order chi connectivity index (χ1) is 9.93. The summed E-state index contributed by atoms with van der Waals surface area (Å²) in [7, 11) is -3.68. The molecule has 0 aliphatic carbocycles. The molecule has 1 rings (SSSR count). The predicted molar refractivity (Wildman–Crippen MR) is 82.7 cm³/mol. The maximum atomic E-state index is 11.3. The summed E-state index contributed by atoms with van der Waals surface area (Å²) in [5.74, 6) is 1.50. The van der Waals surface area contributed by atoms with Crippen molar-refractivity contribution in [1.29, 1.82) is 0 Å². The fraction of sp³-hybridized carbons (Fsp3) is 0.417. The average Bonchev–Trinajstić information content (AvgIpc) is 2.44. The maximum Gasteiger partial charge on any atom is 0.238 e. The third kappa shape index (κ3) is 7.32. The third-order valence-electron chi connectivity index (χ3n) is 2.35. The second-order valence-electron chi connectivity index (χ2n) is 4.06. The molecule has 0 unspecified atom stereocenters. The number of amides is 1. The van der Waals surface area contributed by atoms with Crippen LogP contribution in [0.25, 0.3) is 0 Å². The van der Waals surface area contributed by atoms with Crippen LogP contribution in [0, 0.1) is 0 Å². The van der Waals surface area contributed by atoms with Crippen molar-refractivity contribution in [3.63, 3.8) is 0 Å². The Morgan fingerprint density at radius 1 is 1.29 bits per heavy atom. The quantitative estimate of drug-likeness (QED) is 0.524. The lowest BCUT2D eigenvalue weighted by atomic mass is 10.3. The normalized spacial score (nSPS) is 11.1. The van der Waals surface area contributed by atoms with Crippen molar-refractivity contribution in [3.05, 3.63) is 24.3 Å². The standard InChI is InChI=1S/C12H19N3O4S2/c13-5-6-15-12(16)9-20-8-7-19-10-1-3-11(4-2-10)21(14,17)18/h1-4H,5-9,13H2,(H,15,16)(H2,14,17,18). The van der Waals surface area contributed by atoms with E-state index in [1.54, 1.807) is 12.1 Å². The van der Waals surface area contributed by atoms with Gasteiger partial charge in [0, 0.05) is 18.8 Å². The molecule has 5 N–H and O–H groups in total. The monoisotopic (exact) mass is 333 g/mol. The van der Waals surface area contributed by atoms with Crippen molar-refractivity contribution in [2.24, 2.45) is 10.9 Å². The molecule has 7 nitrogen and oxygen atoms in total. The van der Waals surface area contributed by atoms with Crippen molar-refractivity contribution in [2.45, 2.75) is 4.90 Å². The second kappa shape index (κ2) is 8.88. The number of carbonyl (C=O) groups excluding carboxylic acids is 1. The van der Waals surface area contributed by atoms with Gasteiger partial charge >= 0.3 is 0 Å². The topological polar surface area (TPSA) is 125 Å². The van der Waals surface area contributed by atoms with Gasteiger partial charge in [0.05, 0.1) is 17.3 Å². The molecule has 1 amide bonds. The van der Waals surface area contributed by atoms with Crippen LogP contribution in [-0.4, -0.2) is 45.5 Å². The summed E-state index contributed by atoms with van der Waals surface area (Å²) in [6.07, 6.45) is 0. The molecule has 1 aromatic rings. The SMILES string of the molecule is NCCNC(=O)CSCCOc1ccc(S(N)(=O)=O)cc1. The lowest BCUT2D eigenvalue weighted by Gasteiger charge is -2.07. The molecular weight excluding hydrogens is 314 g/mol. The molecule has 1 aromatic carbocycles. The van der Waals surface area contributed by atoms with Crippen LogP contribution in [0.1, 0.15) is 0 Å². The minimum absolute atomic E-state index is 0.0424. The molecule has 0 radical (unpaired) electrons. The summed E-state index contributed by atoms with van der Waals surface area (Å²) >= 11 is 1.44. The zero-order valence-corrected chi connectivity index (χ0v) is 13.1. The van der Waals surface area contributed by atoms with E-state index in [2.05, 4.69) is 5.32 Å². The van der Waals surface area contributed by atoms with Crippen LogP contribution in [0.4, 0.5) is 0 Å². The van der Waals surface area contributed by atoms with E-state index >= 15 is 0 Å². The van der Waals surface area contributed by atoms with Crippen molar-refractivity contribution in [3.8, 4) is 5.75 Å². The van der Waals surface area contributed by atoms with Crippen LogP contribution >= 0.6 is 11.8 Å². The Balaban J connectivity index is 2.23. The third-order valence-corrected chi connectivity index (χ3v) is 4.20. The molecule has 9 heteroatoms. The Bertz CT molecular complexity index is 546. The van der Waals surface area contributed by atoms with Gasteiger partial charge in [-0.25, -0.2) is 13.6 Å². The molecule has 0 spiro atoms. The van der Waals surface area contributed by atoms with E-state index in [0.29, 0.717) is 37.0 Å². The molecule has 0 aliphatic heterocycles. The highest BCUT2D eigenvalue weighted by atomic mass is 32.2. The van der Waals surface area contributed by atoms with Gasteiger partial charge in [0.2, 0.25) is 15.9 Å². The van der Waals surface area contributed by atoms with Gasteiger partial charge in [-0.15, -0.1) is 11.8 Å². The van der Waals surface area contributed by atoms with Gasteiger partial charge in [0.1, 0.15) is 5.75 Å². The van der Waals surface area contributed by atoms with E-state index in [0.717, 1.165) is 0 Å². The fourth-order valence-electron chi connectivity index (χ4n) is 1.37. The second-order valence-corrected chi connectivity index (χ2v) is 6.72. The van der Waals surface area contributed by atoms with E-state index in [-0.39, 0.29) is 10.8 Å². The minimum atomic E-state index is -3.68. The van der Waals surface area contributed by atoms with Crippen molar-refractivity contribution < 1.29 is 17.9 Å². The van der Waals surface area contributed by atoms with Crippen LogP contribution in [0.5, 0.6) is 5.75 Å². The molecule has 0 aromatic heterocycles. The summed E-state index contributed by atoms with van der Waals surface area (Å²) in [6.45, 7) is 1.32. The van der Waals surface area contributed by atoms with Gasteiger partial charge in [0.15, 0.2) is 0 Å². The Hall–Kier alpha value is -1.29. The van der Waals surface area contributed by atoms with Crippen LogP contribution < -0.4 is 20.9 Å². The highest BCUT2D eigenvalue weighted by Crippen LogP contribution is 2.15. The summed E-state index contributed by atoms with van der Waals surface area (Å²) in [5.41, 5.74) is 5.27. The summed E-state index contributed by atoms with van der Waals surface area (Å²) < 4.78 is 27.6. The summed E-state index contributed by atoms with van der Waals surface area (Å²) in [6, 6.07) is 5.85. The fourth-order valence-corrected chi connectivity index (χ4v) is 2.52. The number of nitrogens with two attached hydrogens (primary N) is 2. The van der Waals surface area contributed by atoms with E-state index in [4.69, 9.17) is 15.6 Å². The van der Waals surface area contributed by atoms with Gasteiger partial charge in [-0.1, -0.05) is 0 Å². The highest BCUT2D eigenvalue weighted by molar-refractivity contribution is 7.99. The van der Waals surface area contributed by atoms with Crippen LogP contribution in [0.3, 0.4) is 0 Å². The number of hydrogen-bond donors (Lipinski definition) is 3. The number of ether oxygens (including phenoxy) is 1. The van der Waals surface area contributed by atoms with E-state index in [1.165, 1.54) is 23.9 Å². The first-order valence-electron chi connectivity index (χ1n) is 6.23. The first kappa shape index (κ1) is 17.8. The smallest absolute Gasteiger partial charge is 0.238 e. The van der Waals surface area contributed by atoms with Crippen molar-refractivity contribution in [2.75, 3.05) is 31.2 Å². The van der Waals surface area contributed by atoms with E-state index in [9.17, 15) is 13.2 Å². The molecule has 118 valence electrons. The Labute approximate surface area is 128 Å². The van der Waals surface area contributed by atoms with Crippen molar-refractivity contribution >= 4 is 27.7 Å². The molecule has 0 saturated heterocycles. The molecule has 21 heavy (non-hydrogen) atoms. The molecule has 0 atom stereocenters. The van der Waals surface area contributed by atoms with Crippen LogP contribution in [0.15, 0.2) is 29.2 Å². The number of primary sulfonamides is 1. The summed E-state index contributed by atoms with van der Waals surface area (Å²) in [4.78, 5) is 11.3. The van der Waals surface area contributed by atoms with Crippen LogP contribution in [-0.2, 0) is 14.8 Å². The van der Waals surface area contributed by atoms with Gasteiger partial charge in [-0.3, -0.25) is 4.79 Å². The molecule has 0 fully saturated rings. The van der Waals surface area contributed by atoms with Gasteiger partial charge in [-0.2, -0.15) is 0 Å². The lowest BCUT2D eigenvalue weighted by molar-refractivity contribution is -0.118. The molecule has 0 bridgehead atoms. The number of sulfonamides is 1.